The van der Waals surface area contributed by atoms with Crippen LogP contribution in [0, 0.1) is 5.92 Å². The molecule has 0 heterocycles. The van der Waals surface area contributed by atoms with Crippen LogP contribution in [0.1, 0.15) is 13.8 Å². The minimum Gasteiger partial charge on any atom is -0.461 e. The van der Waals surface area contributed by atoms with Crippen molar-refractivity contribution in [2.75, 3.05) is 6.61 Å². The summed E-state index contributed by atoms with van der Waals surface area (Å²) in [7, 11) is 0. The summed E-state index contributed by atoms with van der Waals surface area (Å²) in [4.78, 5) is 20.8. The monoisotopic (exact) mass is 156 g/mol. The molecule has 0 fully saturated rings. The lowest BCUT2D eigenvalue weighted by Gasteiger charge is -2.02. The molecule has 0 saturated heterocycles. The van der Waals surface area contributed by atoms with Gasteiger partial charge in [0.2, 0.25) is 0 Å². The van der Waals surface area contributed by atoms with E-state index in [-0.39, 0.29) is 6.61 Å². The summed E-state index contributed by atoms with van der Waals surface area (Å²) >= 11 is 0. The predicted molar refractivity (Wildman–Crippen MR) is 41.0 cm³/mol. The summed E-state index contributed by atoms with van der Waals surface area (Å²) in [5, 5.41) is 0. The van der Waals surface area contributed by atoms with Crippen molar-refractivity contribution in [2.24, 2.45) is 5.92 Å². The van der Waals surface area contributed by atoms with Gasteiger partial charge in [0.1, 0.15) is 18.8 Å². The zero-order chi connectivity index (χ0) is 8.69. The quantitative estimate of drug-likeness (QED) is 0.263. The fraction of sp³-hybridized carbons (Fsp3) is 0.500. The highest BCUT2D eigenvalue weighted by Crippen LogP contribution is 1.93. The van der Waals surface area contributed by atoms with Crippen molar-refractivity contribution in [1.29, 1.82) is 0 Å². The molecule has 62 valence electrons. The van der Waals surface area contributed by atoms with E-state index in [1.54, 1.807) is 12.2 Å². The highest BCUT2D eigenvalue weighted by Gasteiger charge is 2.11. The van der Waals surface area contributed by atoms with Gasteiger partial charge in [0.15, 0.2) is 0 Å². The van der Waals surface area contributed by atoms with Gasteiger partial charge in [0.05, 0.1) is 0 Å². The third-order valence-electron chi connectivity index (χ3n) is 1.13. The van der Waals surface area contributed by atoms with E-state index < -0.39 is 11.9 Å². The lowest BCUT2D eigenvalue weighted by atomic mass is 10.2. The van der Waals surface area contributed by atoms with Crippen LogP contribution in [0.2, 0.25) is 0 Å². The number of allylic oxidation sites excluding steroid dienone is 1. The van der Waals surface area contributed by atoms with Crippen LogP contribution in [-0.2, 0) is 14.3 Å². The number of aldehydes is 1. The van der Waals surface area contributed by atoms with Crippen LogP contribution >= 0.6 is 0 Å². The second-order valence-electron chi connectivity index (χ2n) is 2.12. The van der Waals surface area contributed by atoms with E-state index in [0.717, 1.165) is 0 Å². The van der Waals surface area contributed by atoms with Gasteiger partial charge in [-0.3, -0.25) is 4.79 Å². The van der Waals surface area contributed by atoms with Gasteiger partial charge >= 0.3 is 5.97 Å². The van der Waals surface area contributed by atoms with Crippen LogP contribution < -0.4 is 0 Å². The van der Waals surface area contributed by atoms with Crippen molar-refractivity contribution in [3.63, 3.8) is 0 Å². The van der Waals surface area contributed by atoms with Crippen LogP contribution in [0.3, 0.4) is 0 Å². The second-order valence-corrected chi connectivity index (χ2v) is 2.12. The number of carbonyl (C=O) groups excluding carboxylic acids is 2. The molecule has 0 saturated carbocycles. The average Bonchev–Trinajstić information content (AvgIpc) is 2.03. The van der Waals surface area contributed by atoms with Gasteiger partial charge in [-0.25, -0.2) is 0 Å². The summed E-state index contributed by atoms with van der Waals surface area (Å²) in [6.45, 7) is 3.58. The first-order valence-corrected chi connectivity index (χ1v) is 3.45. The number of rotatable bonds is 4. The molecule has 0 rings (SSSR count). The highest BCUT2D eigenvalue weighted by molar-refractivity contribution is 5.87. The molecule has 0 radical (unpaired) electrons. The molecule has 3 heteroatoms. The van der Waals surface area contributed by atoms with Gasteiger partial charge in [-0.15, -0.1) is 0 Å². The molecule has 0 aromatic rings. The van der Waals surface area contributed by atoms with E-state index >= 15 is 0 Å². The Labute approximate surface area is 66.0 Å². The summed E-state index contributed by atoms with van der Waals surface area (Å²) in [5.41, 5.74) is 0. The number of carbonyl (C=O) groups is 2. The normalized spacial score (nSPS) is 12.9. The first-order valence-electron chi connectivity index (χ1n) is 3.45. The first-order chi connectivity index (χ1) is 5.22. The minimum atomic E-state index is -0.653. The lowest BCUT2D eigenvalue weighted by Crippen LogP contribution is -2.15. The Hall–Kier alpha value is -1.12. The van der Waals surface area contributed by atoms with E-state index in [9.17, 15) is 9.59 Å². The number of ether oxygens (including phenoxy) is 1. The highest BCUT2D eigenvalue weighted by atomic mass is 16.5. The molecule has 0 spiro atoms. The standard InChI is InChI=1S/C8H12O3/c1-3-4-5-11-8(10)7(2)6-9/h3-4,6-7H,5H2,1-2H3. The molecule has 1 unspecified atom stereocenters. The first kappa shape index (κ1) is 9.88. The molecule has 0 aliphatic rings. The molecule has 0 amide bonds. The lowest BCUT2D eigenvalue weighted by molar-refractivity contribution is -0.147. The van der Waals surface area contributed by atoms with Crippen molar-refractivity contribution in [3.05, 3.63) is 12.2 Å². The molecule has 11 heavy (non-hydrogen) atoms. The molecule has 3 nitrogen and oxygen atoms in total. The van der Waals surface area contributed by atoms with Crippen molar-refractivity contribution in [3.8, 4) is 0 Å². The van der Waals surface area contributed by atoms with Gasteiger partial charge in [-0.1, -0.05) is 12.2 Å². The Balaban J connectivity index is 3.60. The van der Waals surface area contributed by atoms with Gasteiger partial charge in [-0.2, -0.15) is 0 Å². The summed E-state index contributed by atoms with van der Waals surface area (Å²) in [6.07, 6.45) is 4.05. The van der Waals surface area contributed by atoms with E-state index in [0.29, 0.717) is 6.29 Å². The molecule has 0 aromatic heterocycles. The third kappa shape index (κ3) is 4.31. The molecule has 1 atom stereocenters. The van der Waals surface area contributed by atoms with E-state index in [4.69, 9.17) is 0 Å². The van der Waals surface area contributed by atoms with Crippen molar-refractivity contribution in [2.45, 2.75) is 13.8 Å². The molecule has 0 aliphatic carbocycles. The van der Waals surface area contributed by atoms with Crippen LogP contribution in [-0.4, -0.2) is 18.9 Å². The molecular formula is C8H12O3. The summed E-state index contributed by atoms with van der Waals surface area (Å²) < 4.78 is 4.68. The van der Waals surface area contributed by atoms with Crippen LogP contribution in [0.5, 0.6) is 0 Å². The van der Waals surface area contributed by atoms with Crippen LogP contribution in [0.15, 0.2) is 12.2 Å². The molecule has 0 aliphatic heterocycles. The Morgan fingerprint density at radius 1 is 1.64 bits per heavy atom. The van der Waals surface area contributed by atoms with E-state index in [2.05, 4.69) is 4.74 Å². The zero-order valence-corrected chi connectivity index (χ0v) is 6.74. The number of hydrogen-bond acceptors (Lipinski definition) is 3. The van der Waals surface area contributed by atoms with Gasteiger partial charge < -0.3 is 9.53 Å². The fourth-order valence-electron chi connectivity index (χ4n) is 0.413. The topological polar surface area (TPSA) is 43.4 Å². The predicted octanol–water partition coefficient (Wildman–Crippen LogP) is 0.941. The van der Waals surface area contributed by atoms with Crippen molar-refractivity contribution in [1.82, 2.24) is 0 Å². The van der Waals surface area contributed by atoms with Gasteiger partial charge in [-0.05, 0) is 13.8 Å². The van der Waals surface area contributed by atoms with Crippen molar-refractivity contribution < 1.29 is 14.3 Å². The smallest absolute Gasteiger partial charge is 0.316 e. The largest absolute Gasteiger partial charge is 0.461 e. The Bertz CT molecular complexity index is 161. The molecule has 0 bridgehead atoms. The van der Waals surface area contributed by atoms with Crippen LogP contribution in [0.4, 0.5) is 0 Å². The Morgan fingerprint density at radius 3 is 2.73 bits per heavy atom. The maximum atomic E-state index is 10.8. The Kier molecular flexibility index (Phi) is 5.07. The fourth-order valence-corrected chi connectivity index (χ4v) is 0.413. The summed E-state index contributed by atoms with van der Waals surface area (Å²) in [6, 6.07) is 0. The number of hydrogen-bond donors (Lipinski definition) is 0. The van der Waals surface area contributed by atoms with E-state index in [1.165, 1.54) is 6.92 Å². The third-order valence-corrected chi connectivity index (χ3v) is 1.13. The van der Waals surface area contributed by atoms with Gasteiger partial charge in [0, 0.05) is 0 Å². The maximum Gasteiger partial charge on any atom is 0.316 e. The molecule has 0 N–H and O–H groups in total. The van der Waals surface area contributed by atoms with Gasteiger partial charge in [0.25, 0.3) is 0 Å². The molecular weight excluding hydrogens is 144 g/mol. The minimum absolute atomic E-state index is 0.244. The van der Waals surface area contributed by atoms with Crippen molar-refractivity contribution >= 4 is 12.3 Å². The summed E-state index contributed by atoms with van der Waals surface area (Å²) in [5.74, 6) is -1.13. The van der Waals surface area contributed by atoms with Crippen LogP contribution in [0.25, 0.3) is 0 Å². The SMILES string of the molecule is CC=CCOC(=O)C(C)C=O. The zero-order valence-electron chi connectivity index (χ0n) is 6.74. The molecule has 0 aromatic carbocycles. The Morgan fingerprint density at radius 2 is 2.27 bits per heavy atom. The second kappa shape index (κ2) is 5.65. The van der Waals surface area contributed by atoms with E-state index in [1.807, 2.05) is 6.92 Å². The average molecular weight is 156 g/mol. The number of esters is 1. The maximum absolute atomic E-state index is 10.8.